The van der Waals surface area contributed by atoms with E-state index < -0.39 is 0 Å². The monoisotopic (exact) mass is 281 g/mol. The minimum atomic E-state index is 0.419. The largest absolute Gasteiger partial charge is 0.378 e. The van der Waals surface area contributed by atoms with E-state index in [2.05, 4.69) is 18.8 Å². The Hall–Kier alpha value is -0.380. The van der Waals surface area contributed by atoms with Gasteiger partial charge in [-0.25, -0.2) is 0 Å². The average Bonchev–Trinajstić information content (AvgIpc) is 2.45. The second-order valence-electron chi connectivity index (χ2n) is 6.49. The first-order valence-electron chi connectivity index (χ1n) is 8.26. The van der Waals surface area contributed by atoms with Gasteiger partial charge in [0, 0.05) is 24.6 Å². The summed E-state index contributed by atoms with van der Waals surface area (Å²) in [6.07, 6.45) is 8.47. The Morgan fingerprint density at radius 2 is 2.05 bits per heavy atom. The highest BCUT2D eigenvalue weighted by atomic mass is 16.5. The van der Waals surface area contributed by atoms with Crippen molar-refractivity contribution >= 4 is 0 Å². The number of ether oxygens (including phenoxy) is 2. The summed E-state index contributed by atoms with van der Waals surface area (Å²) < 4.78 is 11.5. The Bertz CT molecular complexity index is 310. The summed E-state index contributed by atoms with van der Waals surface area (Å²) in [6.45, 7) is 11.2. The predicted molar refractivity (Wildman–Crippen MR) is 83.0 cm³/mol. The molecule has 2 aliphatic carbocycles. The summed E-state index contributed by atoms with van der Waals surface area (Å²) in [7, 11) is 0. The highest BCUT2D eigenvalue weighted by molar-refractivity contribution is 5.08. The van der Waals surface area contributed by atoms with E-state index >= 15 is 0 Å². The number of rotatable bonds is 8. The van der Waals surface area contributed by atoms with Gasteiger partial charge in [-0.05, 0) is 33.1 Å². The van der Waals surface area contributed by atoms with Crippen LogP contribution in [0, 0.1) is 5.41 Å². The third-order valence-corrected chi connectivity index (χ3v) is 4.92. The zero-order chi connectivity index (χ0) is 14.4. The van der Waals surface area contributed by atoms with E-state index in [1.807, 2.05) is 6.92 Å². The molecule has 0 saturated heterocycles. The van der Waals surface area contributed by atoms with Crippen LogP contribution in [0.5, 0.6) is 0 Å². The van der Waals surface area contributed by atoms with E-state index in [4.69, 9.17) is 9.47 Å². The van der Waals surface area contributed by atoms with Crippen LogP contribution in [-0.4, -0.2) is 38.5 Å². The van der Waals surface area contributed by atoms with Gasteiger partial charge in [0.05, 0.1) is 19.3 Å². The third kappa shape index (κ3) is 3.63. The van der Waals surface area contributed by atoms with Crippen LogP contribution in [0.4, 0.5) is 0 Å². The van der Waals surface area contributed by atoms with Crippen molar-refractivity contribution in [2.75, 3.05) is 26.4 Å². The predicted octanol–water partition coefficient (Wildman–Crippen LogP) is 3.30. The molecule has 2 rings (SSSR count). The summed E-state index contributed by atoms with van der Waals surface area (Å²) in [4.78, 5) is 0. The van der Waals surface area contributed by atoms with Gasteiger partial charge in [-0.2, -0.15) is 0 Å². The fourth-order valence-corrected chi connectivity index (χ4v) is 3.90. The molecule has 3 nitrogen and oxygen atoms in total. The standard InChI is InChI=1S/C17H31NO2/c1-4-20-16-12-15(17(16)8-6-5-7-9-17)18-10-11-19-13-14(2)3/h15-16,18H,2,4-13H2,1,3H3. The zero-order valence-corrected chi connectivity index (χ0v) is 13.2. The first kappa shape index (κ1) is 16.0. The third-order valence-electron chi connectivity index (χ3n) is 4.92. The summed E-state index contributed by atoms with van der Waals surface area (Å²) in [5.41, 5.74) is 1.51. The summed E-state index contributed by atoms with van der Waals surface area (Å²) in [6, 6.07) is 0.632. The van der Waals surface area contributed by atoms with Crippen LogP contribution in [0.2, 0.25) is 0 Å². The Morgan fingerprint density at radius 1 is 1.30 bits per heavy atom. The van der Waals surface area contributed by atoms with Gasteiger partial charge in [0.2, 0.25) is 0 Å². The molecule has 116 valence electrons. The lowest BCUT2D eigenvalue weighted by Crippen LogP contribution is -2.64. The lowest BCUT2D eigenvalue weighted by atomic mass is 9.55. The maximum Gasteiger partial charge on any atom is 0.0672 e. The summed E-state index contributed by atoms with van der Waals surface area (Å²) >= 11 is 0. The van der Waals surface area contributed by atoms with Crippen LogP contribution in [0.1, 0.15) is 52.4 Å². The number of nitrogens with one attached hydrogen (secondary N) is 1. The van der Waals surface area contributed by atoms with Crippen molar-refractivity contribution in [1.29, 1.82) is 0 Å². The molecule has 0 aliphatic heterocycles. The van der Waals surface area contributed by atoms with Crippen molar-refractivity contribution in [2.45, 2.75) is 64.5 Å². The molecule has 20 heavy (non-hydrogen) atoms. The first-order valence-corrected chi connectivity index (χ1v) is 8.26. The molecule has 2 fully saturated rings. The molecule has 0 radical (unpaired) electrons. The second-order valence-corrected chi connectivity index (χ2v) is 6.49. The van der Waals surface area contributed by atoms with Crippen LogP contribution in [0.3, 0.4) is 0 Å². The van der Waals surface area contributed by atoms with E-state index in [1.165, 1.54) is 38.5 Å². The lowest BCUT2D eigenvalue weighted by Gasteiger charge is -2.58. The molecule has 0 aromatic carbocycles. The topological polar surface area (TPSA) is 30.5 Å². The van der Waals surface area contributed by atoms with Gasteiger partial charge < -0.3 is 14.8 Å². The molecule has 1 N–H and O–H groups in total. The van der Waals surface area contributed by atoms with Crippen LogP contribution in [-0.2, 0) is 9.47 Å². The van der Waals surface area contributed by atoms with Gasteiger partial charge in [-0.3, -0.25) is 0 Å². The van der Waals surface area contributed by atoms with Crippen molar-refractivity contribution in [3.8, 4) is 0 Å². The maximum absolute atomic E-state index is 5.98. The molecule has 3 heteroatoms. The fourth-order valence-electron chi connectivity index (χ4n) is 3.90. The highest BCUT2D eigenvalue weighted by Crippen LogP contribution is 2.53. The van der Waals surface area contributed by atoms with E-state index in [1.54, 1.807) is 0 Å². The van der Waals surface area contributed by atoms with Crippen LogP contribution >= 0.6 is 0 Å². The summed E-state index contributed by atoms with van der Waals surface area (Å²) in [5.74, 6) is 0. The van der Waals surface area contributed by atoms with Crippen molar-refractivity contribution in [3.63, 3.8) is 0 Å². The van der Waals surface area contributed by atoms with E-state index in [0.717, 1.165) is 25.3 Å². The quantitative estimate of drug-likeness (QED) is 0.547. The number of hydrogen-bond donors (Lipinski definition) is 1. The molecule has 2 atom stereocenters. The summed E-state index contributed by atoms with van der Waals surface area (Å²) in [5, 5.41) is 3.71. The molecule has 0 aromatic rings. The normalized spacial score (nSPS) is 28.3. The van der Waals surface area contributed by atoms with Gasteiger partial charge in [0.15, 0.2) is 0 Å². The van der Waals surface area contributed by atoms with Gasteiger partial charge in [0.25, 0.3) is 0 Å². The molecule has 2 saturated carbocycles. The van der Waals surface area contributed by atoms with Crippen molar-refractivity contribution < 1.29 is 9.47 Å². The Labute approximate surface area is 124 Å². The SMILES string of the molecule is C=C(C)COCCNC1CC(OCC)C12CCCCC2. The van der Waals surface area contributed by atoms with Crippen molar-refractivity contribution in [3.05, 3.63) is 12.2 Å². The Balaban J connectivity index is 1.75. The smallest absolute Gasteiger partial charge is 0.0672 e. The molecule has 0 bridgehead atoms. The van der Waals surface area contributed by atoms with E-state index in [0.29, 0.717) is 24.2 Å². The van der Waals surface area contributed by atoms with Gasteiger partial charge >= 0.3 is 0 Å². The fraction of sp³-hybridized carbons (Fsp3) is 0.882. The van der Waals surface area contributed by atoms with Crippen LogP contribution < -0.4 is 5.32 Å². The Kier molecular flexibility index (Phi) is 6.06. The highest BCUT2D eigenvalue weighted by Gasteiger charge is 2.55. The Morgan fingerprint density at radius 3 is 2.70 bits per heavy atom. The minimum absolute atomic E-state index is 0.419. The van der Waals surface area contributed by atoms with Gasteiger partial charge in [0.1, 0.15) is 0 Å². The number of hydrogen-bond acceptors (Lipinski definition) is 3. The van der Waals surface area contributed by atoms with E-state index in [-0.39, 0.29) is 0 Å². The van der Waals surface area contributed by atoms with Crippen molar-refractivity contribution in [1.82, 2.24) is 5.32 Å². The van der Waals surface area contributed by atoms with Crippen LogP contribution in [0.15, 0.2) is 12.2 Å². The first-order chi connectivity index (χ1) is 9.69. The molecule has 2 aliphatic rings. The van der Waals surface area contributed by atoms with E-state index in [9.17, 15) is 0 Å². The average molecular weight is 281 g/mol. The molecule has 2 unspecified atom stereocenters. The molecule has 1 spiro atoms. The molecule has 0 heterocycles. The lowest BCUT2D eigenvalue weighted by molar-refractivity contribution is -0.150. The molecular formula is C17H31NO2. The molecule has 0 aromatic heterocycles. The van der Waals surface area contributed by atoms with Gasteiger partial charge in [-0.15, -0.1) is 0 Å². The van der Waals surface area contributed by atoms with Crippen LogP contribution in [0.25, 0.3) is 0 Å². The van der Waals surface area contributed by atoms with Crippen molar-refractivity contribution in [2.24, 2.45) is 5.41 Å². The molecular weight excluding hydrogens is 250 g/mol. The second kappa shape index (κ2) is 7.58. The van der Waals surface area contributed by atoms with Gasteiger partial charge in [-0.1, -0.05) is 31.4 Å². The zero-order valence-electron chi connectivity index (χ0n) is 13.2. The molecule has 0 amide bonds. The minimum Gasteiger partial charge on any atom is -0.378 e. The maximum atomic E-state index is 5.98.